The van der Waals surface area contributed by atoms with Crippen molar-refractivity contribution in [1.29, 1.82) is 0 Å². The highest BCUT2D eigenvalue weighted by Gasteiger charge is 2.21. The fourth-order valence-electron chi connectivity index (χ4n) is 4.35. The highest BCUT2D eigenvalue weighted by molar-refractivity contribution is 5.77. The predicted octanol–water partition coefficient (Wildman–Crippen LogP) is 5.50. The van der Waals surface area contributed by atoms with Crippen LogP contribution in [0.4, 0.5) is 0 Å². The average Bonchev–Trinajstić information content (AvgIpc) is 3.47. The van der Waals surface area contributed by atoms with Gasteiger partial charge in [-0.25, -0.2) is 0 Å². The zero-order valence-corrected chi connectivity index (χ0v) is 18.5. The minimum absolute atomic E-state index is 0.00343. The lowest BCUT2D eigenvalue weighted by Crippen LogP contribution is -2.25. The summed E-state index contributed by atoms with van der Waals surface area (Å²) >= 11 is 0. The molecule has 5 heteroatoms. The van der Waals surface area contributed by atoms with Crippen LogP contribution in [0.1, 0.15) is 41.6 Å². The van der Waals surface area contributed by atoms with Crippen molar-refractivity contribution in [3.05, 3.63) is 107 Å². The number of benzene rings is 3. The number of carbonyl (C=O) groups is 1. The number of aromatic nitrogens is 1. The Balaban J connectivity index is 1.24. The second-order valence-corrected chi connectivity index (χ2v) is 8.49. The van der Waals surface area contributed by atoms with E-state index in [0.717, 1.165) is 28.9 Å². The zero-order chi connectivity index (χ0) is 22.6. The molecule has 33 heavy (non-hydrogen) atoms. The Hall–Kier alpha value is -3.86. The number of carbonyl (C=O) groups excluding carboxylic acids is 1. The third-order valence-electron chi connectivity index (χ3n) is 6.00. The third-order valence-corrected chi connectivity index (χ3v) is 6.00. The molecular formula is C28H26N2O3. The van der Waals surface area contributed by atoms with Gasteiger partial charge >= 0.3 is 0 Å². The molecule has 5 rings (SSSR count). The first-order valence-corrected chi connectivity index (χ1v) is 11.3. The van der Waals surface area contributed by atoms with E-state index in [1.54, 1.807) is 0 Å². The maximum Gasteiger partial charge on any atom is 0.221 e. The van der Waals surface area contributed by atoms with E-state index in [4.69, 9.17) is 9.26 Å². The number of amides is 1. The standard InChI is InChI=1S/C28H26N2O3/c1-19-14-23-15-22(12-13-26(23)32-19)27-16-24(30-33-27)18-29-28(31)17-25(20-8-4-2-5-9-20)21-10-6-3-7-11-21/h2-13,15-16,19,25H,14,17-18H2,1H3,(H,29,31). The number of nitrogens with one attached hydrogen (secondary N) is 1. The molecule has 0 fully saturated rings. The Morgan fingerprint density at radius 2 is 1.70 bits per heavy atom. The summed E-state index contributed by atoms with van der Waals surface area (Å²) in [6.45, 7) is 2.39. The summed E-state index contributed by atoms with van der Waals surface area (Å²) in [5.41, 5.74) is 5.08. The molecule has 1 aliphatic heterocycles. The molecule has 0 radical (unpaired) electrons. The summed E-state index contributed by atoms with van der Waals surface area (Å²) in [7, 11) is 0. The number of nitrogens with zero attached hydrogens (tertiary/aromatic N) is 1. The van der Waals surface area contributed by atoms with Crippen molar-refractivity contribution in [2.24, 2.45) is 0 Å². The SMILES string of the molecule is CC1Cc2cc(-c3cc(CNC(=O)CC(c4ccccc4)c4ccccc4)no3)ccc2O1. The molecule has 4 aromatic rings. The number of rotatable bonds is 7. The summed E-state index contributed by atoms with van der Waals surface area (Å²) in [6.07, 6.45) is 1.46. The van der Waals surface area contributed by atoms with Crippen molar-refractivity contribution in [1.82, 2.24) is 10.5 Å². The summed E-state index contributed by atoms with van der Waals surface area (Å²) < 4.78 is 11.3. The van der Waals surface area contributed by atoms with Crippen LogP contribution in [0.5, 0.6) is 5.75 Å². The smallest absolute Gasteiger partial charge is 0.221 e. The zero-order valence-electron chi connectivity index (χ0n) is 18.5. The van der Waals surface area contributed by atoms with E-state index in [0.29, 0.717) is 24.4 Å². The van der Waals surface area contributed by atoms with Gasteiger partial charge in [0.2, 0.25) is 5.91 Å². The van der Waals surface area contributed by atoms with E-state index in [1.165, 1.54) is 5.56 Å². The molecule has 5 nitrogen and oxygen atoms in total. The molecule has 0 saturated heterocycles. The molecule has 0 aliphatic carbocycles. The van der Waals surface area contributed by atoms with E-state index >= 15 is 0 Å². The molecule has 1 amide bonds. The molecule has 0 bridgehead atoms. The first kappa shape index (κ1) is 21.0. The minimum Gasteiger partial charge on any atom is -0.490 e. The maximum absolute atomic E-state index is 12.8. The van der Waals surface area contributed by atoms with Gasteiger partial charge in [0.05, 0.1) is 6.54 Å². The number of fused-ring (bicyclic) bond motifs is 1. The molecule has 0 spiro atoms. The monoisotopic (exact) mass is 438 g/mol. The predicted molar refractivity (Wildman–Crippen MR) is 127 cm³/mol. The van der Waals surface area contributed by atoms with Crippen LogP contribution in [0, 0.1) is 0 Å². The second-order valence-electron chi connectivity index (χ2n) is 8.49. The van der Waals surface area contributed by atoms with Gasteiger partial charge < -0.3 is 14.6 Å². The number of ether oxygens (including phenoxy) is 1. The molecule has 166 valence electrons. The average molecular weight is 439 g/mol. The maximum atomic E-state index is 12.8. The molecule has 1 atom stereocenters. The lowest BCUT2D eigenvalue weighted by atomic mass is 9.88. The molecule has 1 N–H and O–H groups in total. The summed E-state index contributed by atoms with van der Waals surface area (Å²) in [4.78, 5) is 12.8. The van der Waals surface area contributed by atoms with Gasteiger partial charge in [0, 0.05) is 30.4 Å². The summed E-state index contributed by atoms with van der Waals surface area (Å²) in [6, 6.07) is 28.2. The Labute approximate surface area is 193 Å². The van der Waals surface area contributed by atoms with Crippen molar-refractivity contribution in [3.63, 3.8) is 0 Å². The lowest BCUT2D eigenvalue weighted by Gasteiger charge is -2.17. The van der Waals surface area contributed by atoms with Crippen LogP contribution in [0.2, 0.25) is 0 Å². The fraction of sp³-hybridized carbons (Fsp3) is 0.214. The Kier molecular flexibility index (Phi) is 5.94. The Bertz CT molecular complexity index is 1200. The van der Waals surface area contributed by atoms with Gasteiger partial charge in [-0.05, 0) is 41.8 Å². The van der Waals surface area contributed by atoms with Crippen molar-refractivity contribution in [2.75, 3.05) is 0 Å². The van der Waals surface area contributed by atoms with Crippen LogP contribution >= 0.6 is 0 Å². The highest BCUT2D eigenvalue weighted by Crippen LogP contribution is 2.33. The van der Waals surface area contributed by atoms with Gasteiger partial charge in [0.15, 0.2) is 5.76 Å². The van der Waals surface area contributed by atoms with Gasteiger partial charge in [-0.2, -0.15) is 0 Å². The Morgan fingerprint density at radius 1 is 1.00 bits per heavy atom. The molecule has 1 unspecified atom stereocenters. The summed E-state index contributed by atoms with van der Waals surface area (Å²) in [5, 5.41) is 7.15. The third kappa shape index (κ3) is 4.82. The van der Waals surface area contributed by atoms with Gasteiger partial charge in [-0.1, -0.05) is 65.8 Å². The highest BCUT2D eigenvalue weighted by atomic mass is 16.5. The van der Waals surface area contributed by atoms with E-state index < -0.39 is 0 Å². The van der Waals surface area contributed by atoms with E-state index in [2.05, 4.69) is 47.7 Å². The topological polar surface area (TPSA) is 64.4 Å². The minimum atomic E-state index is -0.0269. The van der Waals surface area contributed by atoms with E-state index in [-0.39, 0.29) is 17.9 Å². The molecule has 3 aromatic carbocycles. The van der Waals surface area contributed by atoms with Gasteiger partial charge in [-0.15, -0.1) is 0 Å². The van der Waals surface area contributed by atoms with Crippen LogP contribution in [0.15, 0.2) is 89.5 Å². The first-order chi connectivity index (χ1) is 16.2. The second kappa shape index (κ2) is 9.33. The van der Waals surface area contributed by atoms with Crippen molar-refractivity contribution < 1.29 is 14.1 Å². The molecule has 2 heterocycles. The molecular weight excluding hydrogens is 412 g/mol. The van der Waals surface area contributed by atoms with Gasteiger partial charge in [0.1, 0.15) is 17.5 Å². The summed E-state index contributed by atoms with van der Waals surface area (Å²) in [5.74, 6) is 1.59. The van der Waals surface area contributed by atoms with Crippen molar-refractivity contribution in [2.45, 2.75) is 38.3 Å². The van der Waals surface area contributed by atoms with Gasteiger partial charge in [0.25, 0.3) is 0 Å². The molecule has 1 aliphatic rings. The normalized spacial score (nSPS) is 14.7. The number of hydrogen-bond donors (Lipinski definition) is 1. The number of hydrogen-bond acceptors (Lipinski definition) is 4. The van der Waals surface area contributed by atoms with Crippen LogP contribution in [0.25, 0.3) is 11.3 Å². The van der Waals surface area contributed by atoms with Crippen LogP contribution in [-0.4, -0.2) is 17.2 Å². The molecule has 1 aromatic heterocycles. The lowest BCUT2D eigenvalue weighted by molar-refractivity contribution is -0.121. The molecule has 0 saturated carbocycles. The van der Waals surface area contributed by atoms with E-state index in [9.17, 15) is 4.79 Å². The van der Waals surface area contributed by atoms with Crippen LogP contribution < -0.4 is 10.1 Å². The fourth-order valence-corrected chi connectivity index (χ4v) is 4.35. The van der Waals surface area contributed by atoms with Gasteiger partial charge in [-0.3, -0.25) is 4.79 Å². The van der Waals surface area contributed by atoms with Crippen LogP contribution in [-0.2, 0) is 17.8 Å². The Morgan fingerprint density at radius 3 is 2.39 bits per heavy atom. The first-order valence-electron chi connectivity index (χ1n) is 11.3. The van der Waals surface area contributed by atoms with Crippen molar-refractivity contribution in [3.8, 4) is 17.1 Å². The largest absolute Gasteiger partial charge is 0.490 e. The quantitative estimate of drug-likeness (QED) is 0.414. The van der Waals surface area contributed by atoms with Crippen LogP contribution in [0.3, 0.4) is 0 Å². The van der Waals surface area contributed by atoms with Crippen molar-refractivity contribution >= 4 is 5.91 Å². The van der Waals surface area contributed by atoms with E-state index in [1.807, 2.05) is 54.6 Å².